The van der Waals surface area contributed by atoms with Crippen molar-refractivity contribution < 1.29 is 37.3 Å². The maximum Gasteiger partial charge on any atom is 0.344 e. The van der Waals surface area contributed by atoms with Gasteiger partial charge >= 0.3 is 5.97 Å². The molecule has 2 aromatic rings. The minimum atomic E-state index is -4.05. The van der Waals surface area contributed by atoms with Gasteiger partial charge in [-0.2, -0.15) is 0 Å². The molecule has 5 rings (SSSR count). The van der Waals surface area contributed by atoms with Crippen molar-refractivity contribution in [2.45, 2.75) is 67.8 Å². The van der Waals surface area contributed by atoms with Crippen LogP contribution < -0.4 is 4.31 Å². The first-order valence-electron chi connectivity index (χ1n) is 11.5. The summed E-state index contributed by atoms with van der Waals surface area (Å²) in [6.45, 7) is 4.76. The van der Waals surface area contributed by atoms with Gasteiger partial charge in [0.05, 0.1) is 30.3 Å². The molecule has 0 radical (unpaired) electrons. The normalized spacial score (nSPS) is 31.3. The molecule has 10 heteroatoms. The van der Waals surface area contributed by atoms with Crippen LogP contribution in [0, 0.1) is 6.92 Å². The highest BCUT2D eigenvalue weighted by molar-refractivity contribution is 7.92. The van der Waals surface area contributed by atoms with Gasteiger partial charge in [0.2, 0.25) is 5.60 Å². The van der Waals surface area contributed by atoms with E-state index in [1.54, 1.807) is 50.2 Å². The molecule has 35 heavy (non-hydrogen) atoms. The zero-order valence-corrected chi connectivity index (χ0v) is 20.8. The van der Waals surface area contributed by atoms with Crippen LogP contribution in [0.25, 0.3) is 0 Å². The fourth-order valence-corrected chi connectivity index (χ4v) is 7.20. The molecule has 0 bridgehead atoms. The Morgan fingerprint density at radius 2 is 1.83 bits per heavy atom. The third kappa shape index (κ3) is 3.58. The van der Waals surface area contributed by atoms with Crippen LogP contribution in [0.4, 0.5) is 5.69 Å². The summed E-state index contributed by atoms with van der Waals surface area (Å²) in [6, 6.07) is 12.9. The lowest BCUT2D eigenvalue weighted by Crippen LogP contribution is -2.61. The number of aryl methyl sites for hydroxylation is 1. The molecule has 2 saturated heterocycles. The van der Waals surface area contributed by atoms with E-state index in [1.165, 1.54) is 11.4 Å². The van der Waals surface area contributed by atoms with E-state index in [9.17, 15) is 18.3 Å². The third-order valence-electron chi connectivity index (χ3n) is 6.90. The molecular formula is C25H29NO8S. The number of carbonyl (C=O) groups excluding carboxylic acids is 1. The number of rotatable bonds is 5. The zero-order valence-electron chi connectivity index (χ0n) is 20.0. The second-order valence-electron chi connectivity index (χ2n) is 9.62. The van der Waals surface area contributed by atoms with Gasteiger partial charge in [-0.3, -0.25) is 4.31 Å². The van der Waals surface area contributed by atoms with Gasteiger partial charge in [0.1, 0.15) is 18.3 Å². The van der Waals surface area contributed by atoms with E-state index in [0.717, 1.165) is 11.1 Å². The quantitative estimate of drug-likeness (QED) is 0.617. The van der Waals surface area contributed by atoms with E-state index in [4.69, 9.17) is 18.9 Å². The average molecular weight is 504 g/mol. The number of esters is 1. The fourth-order valence-electron chi connectivity index (χ4n) is 5.51. The highest BCUT2D eigenvalue weighted by Crippen LogP contribution is 2.52. The molecule has 0 amide bonds. The summed E-state index contributed by atoms with van der Waals surface area (Å²) in [5.41, 5.74) is 0.459. The van der Waals surface area contributed by atoms with Crippen molar-refractivity contribution in [2.75, 3.05) is 18.0 Å². The second-order valence-corrected chi connectivity index (χ2v) is 11.4. The summed E-state index contributed by atoms with van der Waals surface area (Å²) in [5, 5.41) is 10.1. The van der Waals surface area contributed by atoms with Crippen LogP contribution in [-0.4, -0.2) is 69.0 Å². The number of sulfonamides is 1. The van der Waals surface area contributed by atoms with Gasteiger partial charge in [0.15, 0.2) is 5.79 Å². The first-order valence-corrected chi connectivity index (χ1v) is 12.9. The van der Waals surface area contributed by atoms with E-state index in [2.05, 4.69) is 0 Å². The average Bonchev–Trinajstić information content (AvgIpc) is 3.44. The first kappa shape index (κ1) is 24.2. The van der Waals surface area contributed by atoms with Crippen molar-refractivity contribution >= 4 is 21.7 Å². The molecule has 0 spiro atoms. The second kappa shape index (κ2) is 8.28. The molecule has 3 aliphatic rings. The molecule has 3 aliphatic heterocycles. The number of nitrogens with zero attached hydrogens (tertiary/aromatic N) is 1. The van der Waals surface area contributed by atoms with E-state index >= 15 is 0 Å². The molecular weight excluding hydrogens is 474 g/mol. The van der Waals surface area contributed by atoms with Gasteiger partial charge < -0.3 is 24.1 Å². The van der Waals surface area contributed by atoms with Crippen LogP contribution in [0.2, 0.25) is 0 Å². The lowest BCUT2D eigenvalue weighted by atomic mass is 9.86. The number of hydrogen-bond acceptors (Lipinski definition) is 8. The van der Waals surface area contributed by atoms with Gasteiger partial charge in [-0.05, 0) is 51.0 Å². The minimum absolute atomic E-state index is 0.120. The van der Waals surface area contributed by atoms with Crippen LogP contribution in [0.1, 0.15) is 25.0 Å². The Hall–Kier alpha value is -2.50. The van der Waals surface area contributed by atoms with Crippen LogP contribution >= 0.6 is 0 Å². The Morgan fingerprint density at radius 3 is 2.49 bits per heavy atom. The van der Waals surface area contributed by atoms with E-state index in [-0.39, 0.29) is 11.3 Å². The topological polar surface area (TPSA) is 112 Å². The molecule has 2 unspecified atom stereocenters. The number of aliphatic hydroxyl groups is 1. The Balaban J connectivity index is 1.67. The predicted molar refractivity (Wildman–Crippen MR) is 125 cm³/mol. The molecule has 188 valence electrons. The molecule has 9 nitrogen and oxygen atoms in total. The van der Waals surface area contributed by atoms with Gasteiger partial charge in [-0.1, -0.05) is 35.9 Å². The van der Waals surface area contributed by atoms with Gasteiger partial charge in [-0.25, -0.2) is 13.2 Å². The number of fused-ring (bicyclic) bond motifs is 2. The van der Waals surface area contributed by atoms with Crippen LogP contribution in [0.15, 0.2) is 53.4 Å². The van der Waals surface area contributed by atoms with Gasteiger partial charge in [-0.15, -0.1) is 0 Å². The Labute approximate surface area is 204 Å². The van der Waals surface area contributed by atoms with E-state index < -0.39 is 58.3 Å². The Morgan fingerprint density at radius 1 is 1.14 bits per heavy atom. The summed E-state index contributed by atoms with van der Waals surface area (Å²) in [7, 11) is -2.82. The van der Waals surface area contributed by atoms with Crippen LogP contribution in [0.5, 0.6) is 0 Å². The maximum absolute atomic E-state index is 14.0. The molecule has 2 fully saturated rings. The number of anilines is 1. The van der Waals surface area contributed by atoms with Crippen molar-refractivity contribution in [3.63, 3.8) is 0 Å². The molecule has 5 atom stereocenters. The van der Waals surface area contributed by atoms with Crippen LogP contribution in [0.3, 0.4) is 0 Å². The molecule has 2 aromatic carbocycles. The summed E-state index contributed by atoms with van der Waals surface area (Å²) in [4.78, 5) is 13.4. The smallest absolute Gasteiger partial charge is 0.344 e. The van der Waals surface area contributed by atoms with Gasteiger partial charge in [0.25, 0.3) is 10.0 Å². The summed E-state index contributed by atoms with van der Waals surface area (Å²) in [5.74, 6) is -1.92. The van der Waals surface area contributed by atoms with E-state index in [1.807, 2.05) is 19.1 Å². The molecule has 1 N–H and O–H groups in total. The number of para-hydroxylation sites is 1. The van der Waals surface area contributed by atoms with E-state index in [0.29, 0.717) is 5.69 Å². The largest absolute Gasteiger partial charge is 0.467 e. The third-order valence-corrected chi connectivity index (χ3v) is 8.75. The van der Waals surface area contributed by atoms with Crippen LogP contribution in [-0.2, 0) is 40.2 Å². The maximum atomic E-state index is 14.0. The number of methoxy groups -OCH3 is 1. The number of hydrogen-bond donors (Lipinski definition) is 1. The number of ether oxygens (including phenoxy) is 4. The van der Waals surface area contributed by atoms with Crippen molar-refractivity contribution in [2.24, 2.45) is 0 Å². The molecule has 0 aromatic heterocycles. The standard InChI is InChI=1S/C25H29NO8S/c1-15-9-11-17(12-10-15)35(29,30)26-18-8-6-5-7-16(18)13-19(26)21-25(23(28)31-4)22(20(14-27)32-21)33-24(2,3)34-25/h5-12,19-22,27H,13-14H2,1-4H3/t19?,20-,21?,22-,25+/m0/s1. The molecule has 3 heterocycles. The highest BCUT2D eigenvalue weighted by Gasteiger charge is 2.73. The summed E-state index contributed by atoms with van der Waals surface area (Å²) < 4.78 is 52.9. The van der Waals surface area contributed by atoms with Crippen molar-refractivity contribution in [3.05, 3.63) is 59.7 Å². The summed E-state index contributed by atoms with van der Waals surface area (Å²) in [6.07, 6.45) is -2.72. The lowest BCUT2D eigenvalue weighted by molar-refractivity contribution is -0.218. The van der Waals surface area contributed by atoms with Gasteiger partial charge in [0, 0.05) is 0 Å². The van der Waals surface area contributed by atoms with Crippen molar-refractivity contribution in [1.82, 2.24) is 0 Å². The minimum Gasteiger partial charge on any atom is -0.467 e. The van der Waals surface area contributed by atoms with Crippen molar-refractivity contribution in [3.8, 4) is 0 Å². The monoisotopic (exact) mass is 503 g/mol. The molecule has 0 saturated carbocycles. The van der Waals surface area contributed by atoms with Crippen molar-refractivity contribution in [1.29, 1.82) is 0 Å². The lowest BCUT2D eigenvalue weighted by Gasteiger charge is -2.37. The SMILES string of the molecule is COC(=O)[C@]12OC(C)(C)O[C@H]1[C@H](CO)OC2C1Cc2ccccc2N1S(=O)(=O)c1ccc(C)cc1. The molecule has 0 aliphatic carbocycles. The summed E-state index contributed by atoms with van der Waals surface area (Å²) >= 11 is 0. The highest BCUT2D eigenvalue weighted by atomic mass is 32.2. The Bertz CT molecular complexity index is 1240. The predicted octanol–water partition coefficient (Wildman–Crippen LogP) is 1.94. The fraction of sp³-hybridized carbons (Fsp3) is 0.480. The first-order chi connectivity index (χ1) is 16.5. The zero-order chi connectivity index (χ0) is 25.2. The number of aliphatic hydroxyl groups excluding tert-OH is 1. The number of carbonyl (C=O) groups is 1. The Kier molecular flexibility index (Phi) is 5.72. The number of benzene rings is 2.